The fourth-order valence-corrected chi connectivity index (χ4v) is 4.12. The normalized spacial score (nSPS) is 11.5. The molecule has 0 amide bonds. The molecule has 6 heteroatoms. The van der Waals surface area contributed by atoms with Gasteiger partial charge in [-0.2, -0.15) is 0 Å². The van der Waals surface area contributed by atoms with Crippen LogP contribution in [0, 0.1) is 0 Å². The first-order valence-electron chi connectivity index (χ1n) is 9.35. The molecule has 1 atom stereocenters. The topological polar surface area (TPSA) is 51.5 Å². The molecule has 1 heterocycles. The molecule has 3 rings (SSSR count). The van der Waals surface area contributed by atoms with Crippen LogP contribution in [0.3, 0.4) is 0 Å². The van der Waals surface area contributed by atoms with Gasteiger partial charge in [0.15, 0.2) is 6.29 Å². The van der Waals surface area contributed by atoms with E-state index in [2.05, 4.69) is 0 Å². The van der Waals surface area contributed by atoms with E-state index in [0.717, 1.165) is 39.9 Å². The van der Waals surface area contributed by atoms with E-state index in [4.69, 9.17) is 4.74 Å². The van der Waals surface area contributed by atoms with Crippen LogP contribution in [0.2, 0.25) is 0 Å². The quantitative estimate of drug-likeness (QED) is 0.558. The lowest BCUT2D eigenvalue weighted by atomic mass is 10.1. The van der Waals surface area contributed by atoms with Crippen LogP contribution in [0.25, 0.3) is 22.2 Å². The van der Waals surface area contributed by atoms with Crippen molar-refractivity contribution >= 4 is 33.9 Å². The van der Waals surface area contributed by atoms with Gasteiger partial charge in [0.25, 0.3) is 0 Å². The number of aromatic nitrogens is 1. The fourth-order valence-electron chi connectivity index (χ4n) is 3.34. The van der Waals surface area contributed by atoms with Crippen LogP contribution in [-0.4, -0.2) is 35.0 Å². The highest BCUT2D eigenvalue weighted by atomic mass is 32.2. The zero-order valence-electron chi connectivity index (χ0n) is 17.4. The lowest BCUT2D eigenvalue weighted by Crippen LogP contribution is -2.23. The maximum atomic E-state index is 11.8. The van der Waals surface area contributed by atoms with E-state index in [9.17, 15) is 9.00 Å². The van der Waals surface area contributed by atoms with E-state index >= 15 is 0 Å². The molecule has 0 aliphatic heterocycles. The van der Waals surface area contributed by atoms with Crippen LogP contribution in [0.1, 0.15) is 31.1 Å². The van der Waals surface area contributed by atoms with Gasteiger partial charge in [0.2, 0.25) is 0 Å². The van der Waals surface area contributed by atoms with Crippen molar-refractivity contribution in [3.05, 3.63) is 48.0 Å². The molecule has 0 aliphatic rings. The molecular formula is C22H28N2O3S. The molecule has 1 unspecified atom stereocenters. The van der Waals surface area contributed by atoms with Crippen LogP contribution in [0.15, 0.2) is 42.5 Å². The van der Waals surface area contributed by atoms with Gasteiger partial charge in [0.05, 0.1) is 18.3 Å². The summed E-state index contributed by atoms with van der Waals surface area (Å²) in [4.78, 5) is 11.8. The third-order valence-corrected chi connectivity index (χ3v) is 5.68. The van der Waals surface area contributed by atoms with Crippen molar-refractivity contribution in [2.24, 2.45) is 7.05 Å². The van der Waals surface area contributed by atoms with E-state index in [1.165, 1.54) is 0 Å². The Morgan fingerprint density at radius 1 is 1.14 bits per heavy atom. The number of aldehydes is 1. The average molecular weight is 401 g/mol. The van der Waals surface area contributed by atoms with Gasteiger partial charge in [-0.15, -0.1) is 0 Å². The Morgan fingerprint density at radius 2 is 1.79 bits per heavy atom. The first kappa shape index (κ1) is 21.7. The Morgan fingerprint density at radius 3 is 2.29 bits per heavy atom. The Labute approximate surface area is 169 Å². The maximum Gasteiger partial charge on any atom is 0.152 e. The van der Waals surface area contributed by atoms with Gasteiger partial charge in [-0.3, -0.25) is 9.10 Å². The molecule has 1 aromatic heterocycles. The largest absolute Gasteiger partial charge is 0.497 e. The number of ether oxygens (including phenoxy) is 1. The zero-order valence-corrected chi connectivity index (χ0v) is 18.2. The number of nitrogens with zero attached hydrogens (tertiary/aromatic N) is 2. The lowest BCUT2D eigenvalue weighted by molar-refractivity contribution is 0.112. The van der Waals surface area contributed by atoms with Gasteiger partial charge < -0.3 is 9.30 Å². The van der Waals surface area contributed by atoms with E-state index in [1.54, 1.807) is 13.4 Å². The maximum absolute atomic E-state index is 11.8. The fraction of sp³-hybridized carbons (Fsp3) is 0.318. The third kappa shape index (κ3) is 3.97. The molecule has 0 saturated heterocycles. The SMILES string of the molecule is CC.CCN(c1ccc(-c2c(C=O)c3ccc(OC)cc3n2C)cc1)S(C)=O. The lowest BCUT2D eigenvalue weighted by Gasteiger charge is -2.19. The number of aryl methyl sites for hydroxylation is 1. The Kier molecular flexibility index (Phi) is 7.40. The number of methoxy groups -OCH3 is 1. The van der Waals surface area contributed by atoms with Crippen molar-refractivity contribution in [3.8, 4) is 17.0 Å². The monoisotopic (exact) mass is 400 g/mol. The number of rotatable bonds is 6. The number of hydrogen-bond acceptors (Lipinski definition) is 3. The minimum atomic E-state index is -1.07. The molecule has 2 aromatic carbocycles. The highest BCUT2D eigenvalue weighted by Gasteiger charge is 2.17. The van der Waals surface area contributed by atoms with Gasteiger partial charge in [-0.1, -0.05) is 26.0 Å². The minimum absolute atomic E-state index is 0.657. The summed E-state index contributed by atoms with van der Waals surface area (Å²) in [5.74, 6) is 0.751. The second-order valence-electron chi connectivity index (χ2n) is 5.99. The predicted octanol–water partition coefficient (Wildman–Crippen LogP) is 4.81. The summed E-state index contributed by atoms with van der Waals surface area (Å²) in [7, 11) is 2.49. The van der Waals surface area contributed by atoms with Crippen LogP contribution < -0.4 is 9.04 Å². The molecule has 0 saturated carbocycles. The van der Waals surface area contributed by atoms with Crippen LogP contribution in [0.5, 0.6) is 5.75 Å². The van der Waals surface area contributed by atoms with Crippen molar-refractivity contribution < 1.29 is 13.7 Å². The summed E-state index contributed by atoms with van der Waals surface area (Å²) in [6.07, 6.45) is 2.57. The number of carbonyl (C=O) groups excluding carboxylic acids is 1. The van der Waals surface area contributed by atoms with Gasteiger partial charge in [0, 0.05) is 42.6 Å². The van der Waals surface area contributed by atoms with E-state index in [-0.39, 0.29) is 0 Å². The summed E-state index contributed by atoms with van der Waals surface area (Å²) in [5, 5.41) is 0.896. The summed E-state index contributed by atoms with van der Waals surface area (Å²) in [6, 6.07) is 13.5. The van der Waals surface area contributed by atoms with Gasteiger partial charge in [-0.05, 0) is 36.8 Å². The zero-order chi connectivity index (χ0) is 20.8. The molecule has 28 heavy (non-hydrogen) atoms. The first-order valence-corrected chi connectivity index (χ1v) is 10.9. The summed E-state index contributed by atoms with van der Waals surface area (Å²) < 4.78 is 21.0. The number of hydrogen-bond donors (Lipinski definition) is 0. The second-order valence-corrected chi connectivity index (χ2v) is 7.28. The summed E-state index contributed by atoms with van der Waals surface area (Å²) >= 11 is 0. The van der Waals surface area contributed by atoms with E-state index in [1.807, 2.05) is 79.2 Å². The van der Waals surface area contributed by atoms with Gasteiger partial charge in [-0.25, -0.2) is 4.21 Å². The standard InChI is InChI=1S/C20H22N2O3S.C2H6/c1-5-22(26(4)24)15-8-6-14(7-9-15)20-18(13-23)17-11-10-16(25-3)12-19(17)21(20)2;1-2/h6-13H,5H2,1-4H3;1-2H3. The smallest absolute Gasteiger partial charge is 0.152 e. The van der Waals surface area contributed by atoms with Crippen molar-refractivity contribution in [1.29, 1.82) is 0 Å². The van der Waals surface area contributed by atoms with Crippen molar-refractivity contribution in [1.82, 2.24) is 4.57 Å². The Hall–Kier alpha value is -2.60. The molecule has 5 nitrogen and oxygen atoms in total. The Balaban J connectivity index is 0.00000136. The molecule has 0 radical (unpaired) electrons. The van der Waals surface area contributed by atoms with Gasteiger partial charge >= 0.3 is 0 Å². The number of fused-ring (bicyclic) bond motifs is 1. The Bertz CT molecular complexity index is 978. The van der Waals surface area contributed by atoms with Crippen molar-refractivity contribution in [3.63, 3.8) is 0 Å². The average Bonchev–Trinajstić information content (AvgIpc) is 3.01. The first-order chi connectivity index (χ1) is 13.5. The second kappa shape index (κ2) is 9.55. The summed E-state index contributed by atoms with van der Waals surface area (Å²) in [5.41, 5.74) is 4.28. The van der Waals surface area contributed by atoms with Crippen LogP contribution >= 0.6 is 0 Å². The third-order valence-electron chi connectivity index (χ3n) is 4.59. The van der Waals surface area contributed by atoms with E-state index < -0.39 is 11.0 Å². The van der Waals surface area contributed by atoms with Crippen LogP contribution in [-0.2, 0) is 18.0 Å². The number of benzene rings is 2. The number of carbonyl (C=O) groups is 1. The molecule has 0 aliphatic carbocycles. The molecule has 0 fully saturated rings. The van der Waals surface area contributed by atoms with Crippen LogP contribution in [0.4, 0.5) is 5.69 Å². The molecule has 0 N–H and O–H groups in total. The summed E-state index contributed by atoms with van der Waals surface area (Å²) in [6.45, 7) is 6.63. The van der Waals surface area contributed by atoms with Crippen molar-refractivity contribution in [2.45, 2.75) is 20.8 Å². The van der Waals surface area contributed by atoms with Gasteiger partial charge in [0.1, 0.15) is 16.7 Å². The highest BCUT2D eigenvalue weighted by molar-refractivity contribution is 7.85. The molecule has 150 valence electrons. The minimum Gasteiger partial charge on any atom is -0.497 e. The molecule has 0 spiro atoms. The molecular weight excluding hydrogens is 372 g/mol. The van der Waals surface area contributed by atoms with E-state index in [0.29, 0.717) is 12.1 Å². The number of anilines is 1. The molecule has 0 bridgehead atoms. The van der Waals surface area contributed by atoms with Crippen molar-refractivity contribution in [2.75, 3.05) is 24.2 Å². The highest BCUT2D eigenvalue weighted by Crippen LogP contribution is 2.34. The predicted molar refractivity (Wildman–Crippen MR) is 119 cm³/mol. The molecule has 3 aromatic rings.